The Labute approximate surface area is 228 Å². The Balaban J connectivity index is 1.34. The molecule has 1 amide bonds. The second-order valence-electron chi connectivity index (χ2n) is 10.8. The van der Waals surface area contributed by atoms with Crippen molar-refractivity contribution >= 4 is 17.6 Å². The third-order valence-electron chi connectivity index (χ3n) is 6.80. The largest absolute Gasteiger partial charge is 0.496 e. The molecule has 0 spiro atoms. The molecular weight excluding hydrogens is 501 g/mol. The lowest BCUT2D eigenvalue weighted by Crippen LogP contribution is -2.50. The van der Waals surface area contributed by atoms with Crippen molar-refractivity contribution in [3.8, 4) is 22.8 Å². The number of rotatable bonds is 4. The first kappa shape index (κ1) is 26.5. The Morgan fingerprint density at radius 3 is 2.51 bits per heavy atom. The average molecular weight is 536 g/mol. The first-order chi connectivity index (χ1) is 18.6. The summed E-state index contributed by atoms with van der Waals surface area (Å²) in [7, 11) is 1.51. The number of aromatic nitrogens is 2. The van der Waals surface area contributed by atoms with Gasteiger partial charge < -0.3 is 24.1 Å². The molecule has 4 heterocycles. The zero-order chi connectivity index (χ0) is 27.9. The number of nitrogens with zero attached hydrogens (tertiary/aromatic N) is 5. The first-order valence-corrected chi connectivity index (χ1v) is 13.0. The Morgan fingerprint density at radius 1 is 1.10 bits per heavy atom. The summed E-state index contributed by atoms with van der Waals surface area (Å²) in [6.45, 7) is 12.5. The van der Waals surface area contributed by atoms with Gasteiger partial charge in [0.2, 0.25) is 0 Å². The quantitative estimate of drug-likeness (QED) is 0.447. The van der Waals surface area contributed by atoms with Crippen molar-refractivity contribution in [1.82, 2.24) is 14.9 Å². The van der Waals surface area contributed by atoms with Gasteiger partial charge in [0, 0.05) is 44.0 Å². The summed E-state index contributed by atoms with van der Waals surface area (Å²) in [4.78, 5) is 32.0. The number of ether oxygens (including phenoxy) is 2. The van der Waals surface area contributed by atoms with Gasteiger partial charge in [-0.25, -0.2) is 14.2 Å². The van der Waals surface area contributed by atoms with Crippen LogP contribution in [0.1, 0.15) is 37.6 Å². The van der Waals surface area contributed by atoms with Crippen LogP contribution in [0.25, 0.3) is 11.3 Å². The number of aryl methyl sites for hydroxylation is 2. The molecule has 3 aromatic rings. The lowest BCUT2D eigenvalue weighted by Gasteiger charge is -2.38. The molecule has 1 aromatic carbocycles. The SMILES string of the molecule is COc1cccc(F)c1-c1nccc2c1CN(c1cc(C)c(N3CCN(C(=O)OC(C)(C)C)CC3)c(C)n1)O2. The number of carbonyl (C=O) groups is 1. The van der Waals surface area contributed by atoms with E-state index in [0.29, 0.717) is 61.3 Å². The van der Waals surface area contributed by atoms with Gasteiger partial charge in [-0.3, -0.25) is 4.98 Å². The predicted molar refractivity (Wildman–Crippen MR) is 147 cm³/mol. The third-order valence-corrected chi connectivity index (χ3v) is 6.80. The Kier molecular flexibility index (Phi) is 6.96. The van der Waals surface area contributed by atoms with Gasteiger partial charge >= 0.3 is 6.09 Å². The standard InChI is InChI=1S/C29H34FN5O4/c1-18-16-24(32-19(2)27(18)33-12-14-34(15-13-33)28(36)38-29(3,4)5)35-17-20-22(39-35)10-11-31-26(20)25-21(30)8-7-9-23(25)37-6/h7-11,16H,12-15,17H2,1-6H3. The summed E-state index contributed by atoms with van der Waals surface area (Å²) in [6, 6.07) is 8.48. The number of amides is 1. The molecule has 2 aromatic heterocycles. The molecule has 0 unspecified atom stereocenters. The van der Waals surface area contributed by atoms with Crippen molar-refractivity contribution in [2.45, 2.75) is 46.8 Å². The summed E-state index contributed by atoms with van der Waals surface area (Å²) in [5.41, 5.74) is 4.01. The zero-order valence-corrected chi connectivity index (χ0v) is 23.2. The Bertz CT molecular complexity index is 1380. The lowest BCUT2D eigenvalue weighted by molar-refractivity contribution is 0.0240. The average Bonchev–Trinajstić information content (AvgIpc) is 3.32. The maximum absolute atomic E-state index is 14.9. The van der Waals surface area contributed by atoms with Gasteiger partial charge in [-0.1, -0.05) is 6.07 Å². The summed E-state index contributed by atoms with van der Waals surface area (Å²) in [5.74, 6) is 1.26. The van der Waals surface area contributed by atoms with E-state index in [1.165, 1.54) is 13.2 Å². The van der Waals surface area contributed by atoms with Gasteiger partial charge in [0.25, 0.3) is 0 Å². The van der Waals surface area contributed by atoms with Crippen LogP contribution in [0.2, 0.25) is 0 Å². The number of piperazine rings is 1. The number of pyridine rings is 2. The first-order valence-electron chi connectivity index (χ1n) is 13.0. The van der Waals surface area contributed by atoms with E-state index < -0.39 is 11.4 Å². The minimum absolute atomic E-state index is 0.281. The number of hydrogen-bond acceptors (Lipinski definition) is 8. The molecule has 0 bridgehead atoms. The smallest absolute Gasteiger partial charge is 0.410 e. The maximum atomic E-state index is 14.9. The third kappa shape index (κ3) is 5.28. The monoisotopic (exact) mass is 535 g/mol. The fourth-order valence-corrected chi connectivity index (χ4v) is 5.10. The van der Waals surface area contributed by atoms with Gasteiger partial charge in [-0.2, -0.15) is 5.06 Å². The van der Waals surface area contributed by atoms with Crippen molar-refractivity contribution in [3.05, 3.63) is 59.2 Å². The molecule has 0 saturated carbocycles. The van der Waals surface area contributed by atoms with Crippen LogP contribution in [-0.4, -0.2) is 59.9 Å². The molecule has 39 heavy (non-hydrogen) atoms. The Hall–Kier alpha value is -4.08. The van der Waals surface area contributed by atoms with Crippen LogP contribution >= 0.6 is 0 Å². The minimum atomic E-state index is -0.517. The van der Waals surface area contributed by atoms with Crippen molar-refractivity contribution in [2.75, 3.05) is 43.3 Å². The van der Waals surface area contributed by atoms with Gasteiger partial charge in [-0.15, -0.1) is 0 Å². The highest BCUT2D eigenvalue weighted by Crippen LogP contribution is 2.41. The zero-order valence-electron chi connectivity index (χ0n) is 23.2. The molecule has 0 radical (unpaired) electrons. The summed E-state index contributed by atoms with van der Waals surface area (Å²) in [5, 5.41) is 1.70. The number of hydroxylamine groups is 1. The number of hydrogen-bond donors (Lipinski definition) is 0. The normalized spacial score (nSPS) is 15.2. The van der Waals surface area contributed by atoms with Crippen molar-refractivity contribution in [1.29, 1.82) is 0 Å². The van der Waals surface area contributed by atoms with Crippen LogP contribution in [0.15, 0.2) is 36.5 Å². The Morgan fingerprint density at radius 2 is 1.85 bits per heavy atom. The number of fused-ring (bicyclic) bond motifs is 1. The topological polar surface area (TPSA) is 80.3 Å². The van der Waals surface area contributed by atoms with Gasteiger partial charge in [0.05, 0.1) is 36.3 Å². The van der Waals surface area contributed by atoms with Crippen molar-refractivity contribution in [3.63, 3.8) is 0 Å². The molecular formula is C29H34FN5O4. The van der Waals surface area contributed by atoms with E-state index in [4.69, 9.17) is 19.3 Å². The van der Waals surface area contributed by atoms with E-state index in [9.17, 15) is 9.18 Å². The van der Waals surface area contributed by atoms with Crippen molar-refractivity contribution < 1.29 is 23.5 Å². The second-order valence-corrected chi connectivity index (χ2v) is 10.8. The van der Waals surface area contributed by atoms with E-state index >= 15 is 0 Å². The molecule has 0 N–H and O–H groups in total. The molecule has 1 saturated heterocycles. The molecule has 1 fully saturated rings. The lowest BCUT2D eigenvalue weighted by atomic mass is 10.0. The highest BCUT2D eigenvalue weighted by atomic mass is 19.1. The fourth-order valence-electron chi connectivity index (χ4n) is 5.10. The van der Waals surface area contributed by atoms with E-state index in [1.807, 2.05) is 40.7 Å². The van der Waals surface area contributed by atoms with Crippen molar-refractivity contribution in [2.24, 2.45) is 0 Å². The summed E-state index contributed by atoms with van der Waals surface area (Å²) in [6.07, 6.45) is 1.32. The number of anilines is 2. The number of benzene rings is 1. The van der Waals surface area contributed by atoms with Crippen LogP contribution in [0, 0.1) is 19.7 Å². The maximum Gasteiger partial charge on any atom is 0.410 e. The summed E-state index contributed by atoms with van der Waals surface area (Å²) >= 11 is 0. The van der Waals surface area contributed by atoms with E-state index in [1.54, 1.807) is 34.4 Å². The minimum Gasteiger partial charge on any atom is -0.496 e. The molecule has 5 rings (SSSR count). The van der Waals surface area contributed by atoms with Gasteiger partial charge in [0.1, 0.15) is 17.2 Å². The predicted octanol–water partition coefficient (Wildman–Crippen LogP) is 5.28. The number of halogens is 1. The molecule has 0 atom stereocenters. The summed E-state index contributed by atoms with van der Waals surface area (Å²) < 4.78 is 25.8. The highest BCUT2D eigenvalue weighted by molar-refractivity contribution is 5.74. The molecule has 10 heteroatoms. The van der Waals surface area contributed by atoms with E-state index in [-0.39, 0.29) is 6.09 Å². The van der Waals surface area contributed by atoms with Crippen LogP contribution in [0.3, 0.4) is 0 Å². The highest BCUT2D eigenvalue weighted by Gasteiger charge is 2.31. The second kappa shape index (κ2) is 10.2. The molecule has 2 aliphatic heterocycles. The van der Waals surface area contributed by atoms with Crippen LogP contribution in [0.4, 0.5) is 20.7 Å². The van der Waals surface area contributed by atoms with Crippen LogP contribution < -0.4 is 19.5 Å². The van der Waals surface area contributed by atoms with Crippen LogP contribution in [-0.2, 0) is 11.3 Å². The number of carbonyl (C=O) groups excluding carboxylic acids is 1. The molecule has 0 aliphatic carbocycles. The molecule has 2 aliphatic rings. The fraction of sp³-hybridized carbons (Fsp3) is 0.414. The number of methoxy groups -OCH3 is 1. The van der Waals surface area contributed by atoms with E-state index in [2.05, 4.69) is 9.88 Å². The van der Waals surface area contributed by atoms with Gasteiger partial charge in [0.15, 0.2) is 11.6 Å². The van der Waals surface area contributed by atoms with Crippen LogP contribution in [0.5, 0.6) is 11.5 Å². The van der Waals surface area contributed by atoms with E-state index in [0.717, 1.165) is 22.5 Å². The molecule has 206 valence electrons. The van der Waals surface area contributed by atoms with Gasteiger partial charge in [-0.05, 0) is 58.4 Å². The molecule has 9 nitrogen and oxygen atoms in total.